The molecule has 0 saturated carbocycles. The molecular formula is C12H25NO2. The number of ether oxygens (including phenoxy) is 1. The molecule has 1 atom stereocenters. The van der Waals surface area contributed by atoms with Crippen molar-refractivity contribution in [3.05, 3.63) is 0 Å². The monoisotopic (exact) mass is 215 g/mol. The van der Waals surface area contributed by atoms with Gasteiger partial charge in [-0.3, -0.25) is 4.79 Å². The van der Waals surface area contributed by atoms with Gasteiger partial charge in [-0.25, -0.2) is 0 Å². The summed E-state index contributed by atoms with van der Waals surface area (Å²) in [5, 5.41) is 3.36. The van der Waals surface area contributed by atoms with Gasteiger partial charge < -0.3 is 10.1 Å². The van der Waals surface area contributed by atoms with Gasteiger partial charge in [0, 0.05) is 0 Å². The van der Waals surface area contributed by atoms with Crippen LogP contribution in [-0.2, 0) is 9.53 Å². The Morgan fingerprint density at radius 1 is 1.40 bits per heavy atom. The van der Waals surface area contributed by atoms with Gasteiger partial charge in [0.25, 0.3) is 0 Å². The lowest BCUT2D eigenvalue weighted by Crippen LogP contribution is -2.53. The molecule has 0 radical (unpaired) electrons. The average Bonchev–Trinajstić information content (AvgIpc) is 2.23. The topological polar surface area (TPSA) is 38.3 Å². The normalized spacial score (nSPS) is 15.1. The Kier molecular flexibility index (Phi) is 6.57. The molecule has 0 aromatic heterocycles. The summed E-state index contributed by atoms with van der Waals surface area (Å²) in [6.45, 7) is 9.24. The molecule has 0 aromatic carbocycles. The minimum absolute atomic E-state index is 0.132. The number of methoxy groups -OCH3 is 1. The zero-order chi connectivity index (χ0) is 11.9. The number of carbonyl (C=O) groups is 1. The maximum Gasteiger partial charge on any atom is 0.326 e. The molecule has 0 heterocycles. The Bertz CT molecular complexity index is 192. The zero-order valence-electron chi connectivity index (χ0n) is 10.7. The van der Waals surface area contributed by atoms with Crippen LogP contribution in [0.25, 0.3) is 0 Å². The number of carbonyl (C=O) groups excluding carboxylic acids is 1. The van der Waals surface area contributed by atoms with E-state index >= 15 is 0 Å². The molecule has 0 rings (SSSR count). The molecule has 0 bridgehead atoms. The van der Waals surface area contributed by atoms with Crippen LogP contribution in [-0.4, -0.2) is 25.2 Å². The van der Waals surface area contributed by atoms with Crippen LogP contribution >= 0.6 is 0 Å². The van der Waals surface area contributed by atoms with Gasteiger partial charge in [0.2, 0.25) is 0 Å². The van der Waals surface area contributed by atoms with Crippen LogP contribution in [0.2, 0.25) is 0 Å². The highest BCUT2D eigenvalue weighted by atomic mass is 16.5. The molecule has 1 N–H and O–H groups in total. The Morgan fingerprint density at radius 2 is 2.00 bits per heavy atom. The number of nitrogens with one attached hydrogen (secondary N) is 1. The van der Waals surface area contributed by atoms with Crippen molar-refractivity contribution in [1.82, 2.24) is 5.32 Å². The molecule has 0 aliphatic carbocycles. The van der Waals surface area contributed by atoms with Crippen molar-refractivity contribution in [3.63, 3.8) is 0 Å². The van der Waals surface area contributed by atoms with Crippen LogP contribution in [0, 0.1) is 5.92 Å². The Hall–Kier alpha value is -0.570. The predicted molar refractivity (Wildman–Crippen MR) is 62.8 cm³/mol. The summed E-state index contributed by atoms with van der Waals surface area (Å²) in [4.78, 5) is 11.8. The van der Waals surface area contributed by atoms with Crippen LogP contribution in [0.3, 0.4) is 0 Å². The van der Waals surface area contributed by atoms with Crippen molar-refractivity contribution < 1.29 is 9.53 Å². The van der Waals surface area contributed by atoms with Crippen molar-refractivity contribution in [1.29, 1.82) is 0 Å². The molecule has 1 unspecified atom stereocenters. The van der Waals surface area contributed by atoms with E-state index in [1.807, 2.05) is 6.92 Å². The van der Waals surface area contributed by atoms with Crippen LogP contribution in [0.1, 0.15) is 47.0 Å². The van der Waals surface area contributed by atoms with Crippen LogP contribution in [0.5, 0.6) is 0 Å². The summed E-state index contributed by atoms with van der Waals surface area (Å²) < 4.78 is 4.89. The van der Waals surface area contributed by atoms with Gasteiger partial charge >= 0.3 is 5.97 Å². The first-order valence-electron chi connectivity index (χ1n) is 5.85. The quantitative estimate of drug-likeness (QED) is 0.662. The molecule has 90 valence electrons. The maximum atomic E-state index is 11.8. The lowest BCUT2D eigenvalue weighted by Gasteiger charge is -2.31. The van der Waals surface area contributed by atoms with Crippen molar-refractivity contribution >= 4 is 5.97 Å². The summed E-state index contributed by atoms with van der Waals surface area (Å²) >= 11 is 0. The standard InChI is InChI=1S/C12H25NO2/c1-6-8-12(7-2,11(14)15-5)13-9-10(3)4/h10,13H,6-9H2,1-5H3. The highest BCUT2D eigenvalue weighted by Crippen LogP contribution is 2.19. The lowest BCUT2D eigenvalue weighted by molar-refractivity contribution is -0.149. The predicted octanol–water partition coefficient (Wildman–Crippen LogP) is 2.35. The van der Waals surface area contributed by atoms with E-state index in [0.717, 1.165) is 25.8 Å². The van der Waals surface area contributed by atoms with Gasteiger partial charge in [0.1, 0.15) is 5.54 Å². The molecule has 3 nitrogen and oxygen atoms in total. The number of rotatable bonds is 7. The minimum Gasteiger partial charge on any atom is -0.468 e. The van der Waals surface area contributed by atoms with Crippen LogP contribution in [0.4, 0.5) is 0 Å². The largest absolute Gasteiger partial charge is 0.468 e. The molecule has 0 aliphatic rings. The molecule has 0 amide bonds. The van der Waals surface area contributed by atoms with E-state index in [2.05, 4.69) is 26.1 Å². The van der Waals surface area contributed by atoms with Gasteiger partial charge in [-0.1, -0.05) is 34.1 Å². The van der Waals surface area contributed by atoms with Crippen molar-refractivity contribution in [2.75, 3.05) is 13.7 Å². The first kappa shape index (κ1) is 14.4. The van der Waals surface area contributed by atoms with E-state index in [4.69, 9.17) is 4.74 Å². The first-order valence-corrected chi connectivity index (χ1v) is 5.85. The summed E-state index contributed by atoms with van der Waals surface area (Å²) in [5.74, 6) is 0.407. The van der Waals surface area contributed by atoms with Crippen molar-refractivity contribution in [3.8, 4) is 0 Å². The molecule has 0 fully saturated rings. The Labute approximate surface area is 93.6 Å². The van der Waals surface area contributed by atoms with Crippen molar-refractivity contribution in [2.24, 2.45) is 5.92 Å². The third-order valence-corrected chi connectivity index (χ3v) is 2.71. The second-order valence-corrected chi connectivity index (χ2v) is 4.45. The second kappa shape index (κ2) is 6.83. The molecule has 0 aromatic rings. The fraction of sp³-hybridized carbons (Fsp3) is 0.917. The highest BCUT2D eigenvalue weighted by molar-refractivity contribution is 5.80. The molecule has 0 aliphatic heterocycles. The second-order valence-electron chi connectivity index (χ2n) is 4.45. The molecular weight excluding hydrogens is 190 g/mol. The molecule has 3 heteroatoms. The van der Waals surface area contributed by atoms with Gasteiger partial charge in [-0.05, 0) is 25.3 Å². The van der Waals surface area contributed by atoms with Crippen molar-refractivity contribution in [2.45, 2.75) is 52.5 Å². The first-order chi connectivity index (χ1) is 7.02. The highest BCUT2D eigenvalue weighted by Gasteiger charge is 2.36. The van der Waals surface area contributed by atoms with Crippen LogP contribution in [0.15, 0.2) is 0 Å². The zero-order valence-corrected chi connectivity index (χ0v) is 10.7. The van der Waals surface area contributed by atoms with E-state index in [1.54, 1.807) is 0 Å². The fourth-order valence-corrected chi connectivity index (χ4v) is 1.73. The van der Waals surface area contributed by atoms with E-state index in [9.17, 15) is 4.79 Å². The molecule has 15 heavy (non-hydrogen) atoms. The third kappa shape index (κ3) is 4.20. The lowest BCUT2D eigenvalue weighted by atomic mass is 9.90. The number of esters is 1. The van der Waals surface area contributed by atoms with Gasteiger partial charge in [-0.15, -0.1) is 0 Å². The average molecular weight is 215 g/mol. The SMILES string of the molecule is CCCC(CC)(NCC(C)C)C(=O)OC. The van der Waals surface area contributed by atoms with E-state index in [-0.39, 0.29) is 5.97 Å². The van der Waals surface area contributed by atoms with Gasteiger partial charge in [0.15, 0.2) is 0 Å². The number of hydrogen-bond donors (Lipinski definition) is 1. The van der Waals surface area contributed by atoms with E-state index < -0.39 is 5.54 Å². The third-order valence-electron chi connectivity index (χ3n) is 2.71. The summed E-state index contributed by atoms with van der Waals surface area (Å²) in [6.07, 6.45) is 2.59. The fourth-order valence-electron chi connectivity index (χ4n) is 1.73. The van der Waals surface area contributed by atoms with Gasteiger partial charge in [-0.2, -0.15) is 0 Å². The smallest absolute Gasteiger partial charge is 0.326 e. The Morgan fingerprint density at radius 3 is 2.33 bits per heavy atom. The minimum atomic E-state index is -0.478. The van der Waals surface area contributed by atoms with E-state index in [0.29, 0.717) is 5.92 Å². The van der Waals surface area contributed by atoms with Crippen LogP contribution < -0.4 is 5.32 Å². The maximum absolute atomic E-state index is 11.8. The molecule has 0 saturated heterocycles. The summed E-state index contributed by atoms with van der Waals surface area (Å²) in [5.41, 5.74) is -0.478. The Balaban J connectivity index is 4.57. The van der Waals surface area contributed by atoms with Gasteiger partial charge in [0.05, 0.1) is 7.11 Å². The van der Waals surface area contributed by atoms with E-state index in [1.165, 1.54) is 7.11 Å². The summed E-state index contributed by atoms with van der Waals surface area (Å²) in [7, 11) is 1.46. The number of hydrogen-bond acceptors (Lipinski definition) is 3. The summed E-state index contributed by atoms with van der Waals surface area (Å²) in [6, 6.07) is 0. The molecule has 0 spiro atoms.